The zero-order valence-electron chi connectivity index (χ0n) is 11.5. The summed E-state index contributed by atoms with van der Waals surface area (Å²) in [5.74, 6) is 0. The van der Waals surface area contributed by atoms with Crippen molar-refractivity contribution in [3.8, 4) is 0 Å². The fourth-order valence-electron chi connectivity index (χ4n) is 1.87. The molecule has 0 aliphatic rings. The Balaban J connectivity index is 2.43. The molecule has 0 amide bonds. The van der Waals surface area contributed by atoms with Crippen molar-refractivity contribution >= 4 is 0 Å². The second kappa shape index (κ2) is 6.18. The first-order chi connectivity index (χ1) is 7.94. The largest absolute Gasteiger partial charge is 0.396 e. The molecule has 2 N–H and O–H groups in total. The van der Waals surface area contributed by atoms with E-state index in [1.165, 1.54) is 16.7 Å². The smallest absolute Gasteiger partial charge is 0.0448 e. The number of aryl methyl sites for hydroxylation is 2. The Bertz CT molecular complexity index is 358. The molecule has 0 radical (unpaired) electrons. The highest BCUT2D eigenvalue weighted by Crippen LogP contribution is 2.11. The van der Waals surface area contributed by atoms with Crippen LogP contribution >= 0.6 is 0 Å². The molecule has 0 saturated heterocycles. The summed E-state index contributed by atoms with van der Waals surface area (Å²) in [6.45, 7) is 9.75. The molecule has 1 aromatic carbocycles. The SMILES string of the molecule is Cc1ccc(CCNC(C)(C)CCO)cc1C. The molecule has 0 spiro atoms. The van der Waals surface area contributed by atoms with E-state index in [1.54, 1.807) is 0 Å². The Kier molecular flexibility index (Phi) is 5.16. The van der Waals surface area contributed by atoms with Gasteiger partial charge in [0, 0.05) is 12.1 Å². The lowest BCUT2D eigenvalue weighted by Gasteiger charge is -2.25. The van der Waals surface area contributed by atoms with Crippen LogP contribution in [0.4, 0.5) is 0 Å². The van der Waals surface area contributed by atoms with E-state index in [0.29, 0.717) is 0 Å². The topological polar surface area (TPSA) is 32.3 Å². The van der Waals surface area contributed by atoms with Crippen molar-refractivity contribution in [2.75, 3.05) is 13.2 Å². The normalized spacial score (nSPS) is 11.8. The second-order valence-corrected chi connectivity index (χ2v) is 5.45. The summed E-state index contributed by atoms with van der Waals surface area (Å²) in [4.78, 5) is 0. The first-order valence-electron chi connectivity index (χ1n) is 6.36. The number of aliphatic hydroxyl groups excluding tert-OH is 1. The van der Waals surface area contributed by atoms with Crippen molar-refractivity contribution in [1.29, 1.82) is 0 Å². The van der Waals surface area contributed by atoms with Crippen LogP contribution in [0.5, 0.6) is 0 Å². The molecule has 0 unspecified atom stereocenters. The van der Waals surface area contributed by atoms with Crippen molar-refractivity contribution in [2.45, 2.75) is 46.1 Å². The van der Waals surface area contributed by atoms with Crippen molar-refractivity contribution in [3.63, 3.8) is 0 Å². The number of hydrogen-bond donors (Lipinski definition) is 2. The van der Waals surface area contributed by atoms with Crippen LogP contribution in [0.25, 0.3) is 0 Å². The quantitative estimate of drug-likeness (QED) is 0.794. The average molecular weight is 235 g/mol. The van der Waals surface area contributed by atoms with Crippen LogP contribution in [0.3, 0.4) is 0 Å². The van der Waals surface area contributed by atoms with Crippen molar-refractivity contribution in [3.05, 3.63) is 34.9 Å². The third kappa shape index (κ3) is 4.88. The summed E-state index contributed by atoms with van der Waals surface area (Å²) in [6.07, 6.45) is 1.83. The maximum absolute atomic E-state index is 8.95. The lowest BCUT2D eigenvalue weighted by molar-refractivity contribution is 0.231. The Morgan fingerprint density at radius 2 is 1.88 bits per heavy atom. The molecule has 0 saturated carbocycles. The summed E-state index contributed by atoms with van der Waals surface area (Å²) in [5.41, 5.74) is 4.11. The lowest BCUT2D eigenvalue weighted by atomic mass is 10.00. The molecule has 0 aromatic heterocycles. The molecule has 17 heavy (non-hydrogen) atoms. The van der Waals surface area contributed by atoms with Gasteiger partial charge >= 0.3 is 0 Å². The Morgan fingerprint density at radius 1 is 1.18 bits per heavy atom. The highest BCUT2D eigenvalue weighted by molar-refractivity contribution is 5.30. The standard InChI is InChI=1S/C15H25NO/c1-12-5-6-14(11-13(12)2)7-9-16-15(3,4)8-10-17/h5-6,11,16-17H,7-10H2,1-4H3. The number of hydrogen-bond acceptors (Lipinski definition) is 2. The number of aliphatic hydroxyl groups is 1. The van der Waals surface area contributed by atoms with Crippen LogP contribution in [-0.4, -0.2) is 23.8 Å². The second-order valence-electron chi connectivity index (χ2n) is 5.45. The van der Waals surface area contributed by atoms with Crippen molar-refractivity contribution in [2.24, 2.45) is 0 Å². The van der Waals surface area contributed by atoms with Crippen LogP contribution in [0, 0.1) is 13.8 Å². The van der Waals surface area contributed by atoms with Crippen LogP contribution in [0.1, 0.15) is 37.0 Å². The van der Waals surface area contributed by atoms with Crippen LogP contribution in [0.2, 0.25) is 0 Å². The van der Waals surface area contributed by atoms with Gasteiger partial charge in [-0.2, -0.15) is 0 Å². The molecule has 0 fully saturated rings. The van der Waals surface area contributed by atoms with E-state index in [2.05, 4.69) is 51.2 Å². The van der Waals surface area contributed by atoms with Gasteiger partial charge in [0.05, 0.1) is 0 Å². The Morgan fingerprint density at radius 3 is 2.47 bits per heavy atom. The summed E-state index contributed by atoms with van der Waals surface area (Å²) < 4.78 is 0. The van der Waals surface area contributed by atoms with Gasteiger partial charge in [0.25, 0.3) is 0 Å². The van der Waals surface area contributed by atoms with E-state index in [4.69, 9.17) is 5.11 Å². The highest BCUT2D eigenvalue weighted by Gasteiger charge is 2.15. The van der Waals surface area contributed by atoms with Gasteiger partial charge in [0.1, 0.15) is 0 Å². The minimum Gasteiger partial charge on any atom is -0.396 e. The van der Waals surface area contributed by atoms with E-state index in [0.717, 1.165) is 19.4 Å². The van der Waals surface area contributed by atoms with Crippen LogP contribution < -0.4 is 5.32 Å². The molecule has 0 bridgehead atoms. The summed E-state index contributed by atoms with van der Waals surface area (Å²) in [5, 5.41) is 12.4. The first kappa shape index (κ1) is 14.2. The van der Waals surface area contributed by atoms with Crippen molar-refractivity contribution in [1.82, 2.24) is 5.32 Å². The molecule has 0 heterocycles. The minimum atomic E-state index is 0.0223. The van der Waals surface area contributed by atoms with Gasteiger partial charge in [-0.15, -0.1) is 0 Å². The predicted molar refractivity (Wildman–Crippen MR) is 73.4 cm³/mol. The summed E-state index contributed by atoms with van der Waals surface area (Å²) >= 11 is 0. The van der Waals surface area contributed by atoms with Gasteiger partial charge in [-0.3, -0.25) is 0 Å². The molecule has 1 rings (SSSR count). The van der Waals surface area contributed by atoms with Gasteiger partial charge < -0.3 is 10.4 Å². The van der Waals surface area contributed by atoms with E-state index in [1.807, 2.05) is 0 Å². The zero-order valence-corrected chi connectivity index (χ0v) is 11.5. The van der Waals surface area contributed by atoms with E-state index in [9.17, 15) is 0 Å². The van der Waals surface area contributed by atoms with Crippen molar-refractivity contribution < 1.29 is 5.11 Å². The zero-order chi connectivity index (χ0) is 12.9. The van der Waals surface area contributed by atoms with Gasteiger partial charge in [-0.05, 0) is 63.8 Å². The average Bonchev–Trinajstić information content (AvgIpc) is 2.23. The summed E-state index contributed by atoms with van der Waals surface area (Å²) in [6, 6.07) is 6.64. The highest BCUT2D eigenvalue weighted by atomic mass is 16.3. The molecule has 2 heteroatoms. The van der Waals surface area contributed by atoms with Gasteiger partial charge in [-0.25, -0.2) is 0 Å². The molecule has 0 aliphatic carbocycles. The molecule has 96 valence electrons. The summed E-state index contributed by atoms with van der Waals surface area (Å²) in [7, 11) is 0. The Hall–Kier alpha value is -0.860. The third-order valence-electron chi connectivity index (χ3n) is 3.33. The molecule has 2 nitrogen and oxygen atoms in total. The number of rotatable bonds is 6. The van der Waals surface area contributed by atoms with Gasteiger partial charge in [0.15, 0.2) is 0 Å². The fourth-order valence-corrected chi connectivity index (χ4v) is 1.87. The fraction of sp³-hybridized carbons (Fsp3) is 0.600. The van der Waals surface area contributed by atoms with Gasteiger partial charge in [-0.1, -0.05) is 18.2 Å². The minimum absolute atomic E-state index is 0.0223. The van der Waals surface area contributed by atoms with E-state index in [-0.39, 0.29) is 12.1 Å². The molecular formula is C15H25NO. The molecular weight excluding hydrogens is 210 g/mol. The maximum atomic E-state index is 8.95. The Labute approximate surface area is 105 Å². The number of benzene rings is 1. The van der Waals surface area contributed by atoms with Crippen LogP contribution in [-0.2, 0) is 6.42 Å². The van der Waals surface area contributed by atoms with E-state index < -0.39 is 0 Å². The third-order valence-corrected chi connectivity index (χ3v) is 3.33. The lowest BCUT2D eigenvalue weighted by Crippen LogP contribution is -2.41. The molecule has 0 atom stereocenters. The number of nitrogens with one attached hydrogen (secondary N) is 1. The monoisotopic (exact) mass is 235 g/mol. The maximum Gasteiger partial charge on any atom is 0.0448 e. The van der Waals surface area contributed by atoms with E-state index >= 15 is 0 Å². The predicted octanol–water partition coefficient (Wildman–Crippen LogP) is 2.60. The van der Waals surface area contributed by atoms with Gasteiger partial charge in [0.2, 0.25) is 0 Å². The van der Waals surface area contributed by atoms with Crippen LogP contribution in [0.15, 0.2) is 18.2 Å². The first-order valence-corrected chi connectivity index (χ1v) is 6.36. The molecule has 0 aliphatic heterocycles. The molecule has 1 aromatic rings.